The van der Waals surface area contributed by atoms with Gasteiger partial charge in [-0.3, -0.25) is 0 Å². The summed E-state index contributed by atoms with van der Waals surface area (Å²) < 4.78 is 11.0. The average molecular weight is 281 g/mol. The maximum Gasteiger partial charge on any atom is 0.161 e. The molecule has 0 aliphatic heterocycles. The zero-order valence-electron chi connectivity index (χ0n) is 11.6. The number of hydrogen-bond acceptors (Lipinski definition) is 5. The molecule has 0 unspecified atom stereocenters. The normalized spacial score (nSPS) is 10.3. The van der Waals surface area contributed by atoms with Crippen molar-refractivity contribution in [3.05, 3.63) is 59.2 Å². The largest absolute Gasteiger partial charge is 0.493 e. The first-order valence-electron chi connectivity index (χ1n) is 6.30. The number of methoxy groups -OCH3 is 1. The predicted octanol–water partition coefficient (Wildman–Crippen LogP) is 2.44. The van der Waals surface area contributed by atoms with E-state index < -0.39 is 0 Å². The number of nitrogens with two attached hydrogens (primary N) is 1. The minimum atomic E-state index is 0.296. The second-order valence-electron chi connectivity index (χ2n) is 4.25. The lowest BCUT2D eigenvalue weighted by Crippen LogP contribution is -2.00. The van der Waals surface area contributed by atoms with Gasteiger partial charge in [0.05, 0.1) is 25.0 Å². The van der Waals surface area contributed by atoms with Crippen LogP contribution in [-0.4, -0.2) is 13.3 Å². The van der Waals surface area contributed by atoms with Gasteiger partial charge in [0.2, 0.25) is 0 Å². The highest BCUT2D eigenvalue weighted by Gasteiger charge is 2.07. The first kappa shape index (κ1) is 14.4. The van der Waals surface area contributed by atoms with Crippen LogP contribution in [0, 0.1) is 11.3 Å². The molecule has 5 heteroatoms. The molecule has 0 fully saturated rings. The van der Waals surface area contributed by atoms with Crippen LogP contribution in [0.2, 0.25) is 0 Å². The molecule has 2 rings (SSSR count). The lowest BCUT2D eigenvalue weighted by Gasteiger charge is -2.12. The minimum Gasteiger partial charge on any atom is -0.493 e. The van der Waals surface area contributed by atoms with Crippen LogP contribution in [0.1, 0.15) is 16.7 Å². The Labute approximate surface area is 123 Å². The molecule has 2 aromatic rings. The molecule has 0 heterocycles. The maximum absolute atomic E-state index is 9.06. The fraction of sp³-hybridized carbons (Fsp3) is 0.125. The topological polar surface area (TPSA) is 80.6 Å². The van der Waals surface area contributed by atoms with Crippen molar-refractivity contribution in [1.29, 1.82) is 5.26 Å². The van der Waals surface area contributed by atoms with Crippen LogP contribution in [-0.2, 0) is 6.61 Å². The fourth-order valence-electron chi connectivity index (χ4n) is 1.88. The van der Waals surface area contributed by atoms with E-state index >= 15 is 0 Å². The molecule has 0 bridgehead atoms. The van der Waals surface area contributed by atoms with E-state index in [1.165, 1.54) is 6.21 Å². The molecule has 106 valence electrons. The smallest absolute Gasteiger partial charge is 0.161 e. The SMILES string of the molecule is COc1cc(C=NN)ccc1OCc1ccccc1C#N. The Kier molecular flexibility index (Phi) is 4.78. The molecule has 5 nitrogen and oxygen atoms in total. The number of rotatable bonds is 5. The number of hydrogen-bond donors (Lipinski definition) is 1. The van der Waals surface area contributed by atoms with Gasteiger partial charge in [0, 0.05) is 5.56 Å². The summed E-state index contributed by atoms with van der Waals surface area (Å²) in [6.45, 7) is 0.296. The molecular formula is C16H15N3O2. The quantitative estimate of drug-likeness (QED) is 0.518. The van der Waals surface area contributed by atoms with Gasteiger partial charge in [-0.05, 0) is 29.8 Å². The van der Waals surface area contributed by atoms with Gasteiger partial charge >= 0.3 is 0 Å². The molecule has 0 atom stereocenters. The number of hydrazone groups is 1. The van der Waals surface area contributed by atoms with E-state index in [4.69, 9.17) is 20.6 Å². The summed E-state index contributed by atoms with van der Waals surface area (Å²) in [5, 5.41) is 12.5. The van der Waals surface area contributed by atoms with Gasteiger partial charge < -0.3 is 15.3 Å². The van der Waals surface area contributed by atoms with Gasteiger partial charge in [0.15, 0.2) is 11.5 Å². The van der Waals surface area contributed by atoms with Crippen molar-refractivity contribution < 1.29 is 9.47 Å². The Morgan fingerprint density at radius 2 is 2.05 bits per heavy atom. The molecule has 0 spiro atoms. The summed E-state index contributed by atoms with van der Waals surface area (Å²) in [4.78, 5) is 0. The molecule has 0 saturated carbocycles. The number of ether oxygens (including phenoxy) is 2. The summed E-state index contributed by atoms with van der Waals surface area (Å²) in [6, 6.07) is 14.8. The lowest BCUT2D eigenvalue weighted by molar-refractivity contribution is 0.284. The highest BCUT2D eigenvalue weighted by atomic mass is 16.5. The summed E-state index contributed by atoms with van der Waals surface area (Å²) in [7, 11) is 1.56. The van der Waals surface area contributed by atoms with Crippen molar-refractivity contribution in [2.45, 2.75) is 6.61 Å². The minimum absolute atomic E-state index is 0.296. The monoisotopic (exact) mass is 281 g/mol. The van der Waals surface area contributed by atoms with E-state index in [-0.39, 0.29) is 0 Å². The maximum atomic E-state index is 9.06. The Morgan fingerprint density at radius 3 is 2.76 bits per heavy atom. The van der Waals surface area contributed by atoms with Gasteiger partial charge in [-0.15, -0.1) is 0 Å². The van der Waals surface area contributed by atoms with Crippen LogP contribution < -0.4 is 15.3 Å². The summed E-state index contributed by atoms with van der Waals surface area (Å²) in [6.07, 6.45) is 1.53. The Hall–Kier alpha value is -3.00. The molecular weight excluding hydrogens is 266 g/mol. The van der Waals surface area contributed by atoms with Crippen molar-refractivity contribution >= 4 is 6.21 Å². The van der Waals surface area contributed by atoms with Crippen LogP contribution >= 0.6 is 0 Å². The summed E-state index contributed by atoms with van der Waals surface area (Å²) in [5.41, 5.74) is 2.25. The first-order valence-corrected chi connectivity index (χ1v) is 6.30. The predicted molar refractivity (Wildman–Crippen MR) is 80.3 cm³/mol. The van der Waals surface area contributed by atoms with Gasteiger partial charge in [-0.2, -0.15) is 10.4 Å². The molecule has 0 radical (unpaired) electrons. The second-order valence-corrected chi connectivity index (χ2v) is 4.25. The molecule has 0 aromatic heterocycles. The van der Waals surface area contributed by atoms with Gasteiger partial charge in [-0.1, -0.05) is 18.2 Å². The third-order valence-electron chi connectivity index (χ3n) is 2.93. The zero-order valence-corrected chi connectivity index (χ0v) is 11.6. The van der Waals surface area contributed by atoms with Gasteiger partial charge in [0.1, 0.15) is 6.61 Å². The Balaban J connectivity index is 2.18. The average Bonchev–Trinajstić information content (AvgIpc) is 2.54. The van der Waals surface area contributed by atoms with E-state index in [0.717, 1.165) is 11.1 Å². The van der Waals surface area contributed by atoms with Crippen LogP contribution in [0.15, 0.2) is 47.6 Å². The molecule has 21 heavy (non-hydrogen) atoms. The second kappa shape index (κ2) is 6.96. The molecule has 0 aliphatic carbocycles. The third-order valence-corrected chi connectivity index (χ3v) is 2.93. The lowest BCUT2D eigenvalue weighted by atomic mass is 10.1. The highest BCUT2D eigenvalue weighted by molar-refractivity contribution is 5.80. The third kappa shape index (κ3) is 3.51. The van der Waals surface area contributed by atoms with Crippen molar-refractivity contribution in [2.75, 3.05) is 7.11 Å². The molecule has 2 aromatic carbocycles. The Bertz CT molecular complexity index is 690. The van der Waals surface area contributed by atoms with E-state index in [2.05, 4.69) is 11.2 Å². The summed E-state index contributed by atoms with van der Waals surface area (Å²) >= 11 is 0. The Morgan fingerprint density at radius 1 is 1.24 bits per heavy atom. The van der Waals surface area contributed by atoms with E-state index in [1.54, 1.807) is 25.3 Å². The molecule has 0 amide bonds. The highest BCUT2D eigenvalue weighted by Crippen LogP contribution is 2.28. The molecule has 0 saturated heterocycles. The van der Waals surface area contributed by atoms with Gasteiger partial charge in [0.25, 0.3) is 0 Å². The number of nitriles is 1. The number of nitrogens with zero attached hydrogens (tertiary/aromatic N) is 2. The van der Waals surface area contributed by atoms with Crippen molar-refractivity contribution in [1.82, 2.24) is 0 Å². The van der Waals surface area contributed by atoms with Crippen LogP contribution in [0.3, 0.4) is 0 Å². The van der Waals surface area contributed by atoms with E-state index in [1.807, 2.05) is 24.3 Å². The van der Waals surface area contributed by atoms with Gasteiger partial charge in [-0.25, -0.2) is 0 Å². The van der Waals surface area contributed by atoms with Crippen LogP contribution in [0.25, 0.3) is 0 Å². The molecule has 2 N–H and O–H groups in total. The van der Waals surface area contributed by atoms with Crippen molar-refractivity contribution in [3.8, 4) is 17.6 Å². The van der Waals surface area contributed by atoms with Crippen LogP contribution in [0.5, 0.6) is 11.5 Å². The van der Waals surface area contributed by atoms with E-state index in [9.17, 15) is 0 Å². The van der Waals surface area contributed by atoms with Crippen LogP contribution in [0.4, 0.5) is 0 Å². The molecule has 0 aliphatic rings. The summed E-state index contributed by atoms with van der Waals surface area (Å²) in [5.74, 6) is 6.31. The first-order chi connectivity index (χ1) is 10.3. The standard InChI is InChI=1S/C16H15N3O2/c1-20-16-8-12(10-19-18)6-7-15(16)21-11-14-5-3-2-4-13(14)9-17/h2-8,10H,11,18H2,1H3. The van der Waals surface area contributed by atoms with E-state index in [0.29, 0.717) is 23.7 Å². The zero-order chi connectivity index (χ0) is 15.1. The van der Waals surface area contributed by atoms with Crippen molar-refractivity contribution in [3.63, 3.8) is 0 Å². The van der Waals surface area contributed by atoms with Crippen molar-refractivity contribution in [2.24, 2.45) is 10.9 Å². The number of benzene rings is 2. The fourth-order valence-corrected chi connectivity index (χ4v) is 1.88.